The largest absolute Gasteiger partial charge is 0.480 e. The second-order valence-electron chi connectivity index (χ2n) is 7.81. The standard InChI is InChI=1S/C21H23ClN2O4S.CH4/c22-17-5-1-14(2-6-17)15-3-7-18(8-4-15)29(27,28)24-21(20(25)26)13-19(21)16-9-11-23-12-10-16;/h1-8,16,19,23-24H,9-13H2,(H,25,26);1H4. The number of carboxylic acid groups (broad SMARTS) is 1. The monoisotopic (exact) mass is 450 g/mol. The molecule has 3 N–H and O–H groups in total. The number of halogens is 1. The quantitative estimate of drug-likeness (QED) is 0.622. The molecule has 30 heavy (non-hydrogen) atoms. The minimum absolute atomic E-state index is 0. The number of hydrogen-bond donors (Lipinski definition) is 3. The normalized spacial score (nSPS) is 24.1. The maximum absolute atomic E-state index is 12.9. The van der Waals surface area contributed by atoms with Gasteiger partial charge in [0.2, 0.25) is 10.0 Å². The Balaban J connectivity index is 0.00000256. The Kier molecular flexibility index (Phi) is 6.57. The van der Waals surface area contributed by atoms with Gasteiger partial charge in [0.05, 0.1) is 4.90 Å². The van der Waals surface area contributed by atoms with E-state index in [-0.39, 0.29) is 24.2 Å². The molecule has 2 fully saturated rings. The number of carbonyl (C=O) groups is 1. The summed E-state index contributed by atoms with van der Waals surface area (Å²) >= 11 is 5.91. The van der Waals surface area contributed by atoms with Gasteiger partial charge in [-0.3, -0.25) is 4.79 Å². The van der Waals surface area contributed by atoms with E-state index < -0.39 is 21.5 Å². The van der Waals surface area contributed by atoms with Crippen molar-refractivity contribution in [3.8, 4) is 11.1 Å². The predicted octanol–water partition coefficient (Wildman–Crippen LogP) is 3.76. The van der Waals surface area contributed by atoms with E-state index in [1.54, 1.807) is 24.3 Å². The zero-order valence-electron chi connectivity index (χ0n) is 15.8. The van der Waals surface area contributed by atoms with Crippen LogP contribution in [0.1, 0.15) is 26.7 Å². The summed E-state index contributed by atoms with van der Waals surface area (Å²) in [5, 5.41) is 13.7. The maximum Gasteiger partial charge on any atom is 0.325 e. The molecule has 2 aromatic rings. The lowest BCUT2D eigenvalue weighted by Crippen LogP contribution is -2.46. The molecule has 2 aliphatic rings. The number of hydrogen-bond acceptors (Lipinski definition) is 4. The van der Waals surface area contributed by atoms with Gasteiger partial charge in [-0.1, -0.05) is 43.3 Å². The average Bonchev–Trinajstić information content (AvgIpc) is 3.44. The van der Waals surface area contributed by atoms with E-state index in [1.807, 2.05) is 12.1 Å². The number of piperidine rings is 1. The number of aliphatic carboxylic acids is 1. The van der Waals surface area contributed by atoms with Crippen LogP contribution in [0.15, 0.2) is 53.4 Å². The summed E-state index contributed by atoms with van der Waals surface area (Å²) in [5.41, 5.74) is 0.379. The molecule has 0 aromatic heterocycles. The van der Waals surface area contributed by atoms with Gasteiger partial charge in [-0.15, -0.1) is 0 Å². The average molecular weight is 451 g/mol. The Morgan fingerprint density at radius 2 is 1.57 bits per heavy atom. The van der Waals surface area contributed by atoms with Gasteiger partial charge in [0.15, 0.2) is 0 Å². The van der Waals surface area contributed by atoms with Crippen LogP contribution in [0.25, 0.3) is 11.1 Å². The molecular formula is C22H27ClN2O4S. The summed E-state index contributed by atoms with van der Waals surface area (Å²) in [6, 6.07) is 13.7. The van der Waals surface area contributed by atoms with Gasteiger partial charge < -0.3 is 10.4 Å². The van der Waals surface area contributed by atoms with Crippen molar-refractivity contribution in [2.45, 2.75) is 37.1 Å². The molecular weight excluding hydrogens is 424 g/mol. The molecule has 2 aromatic carbocycles. The summed E-state index contributed by atoms with van der Waals surface area (Å²) in [5.74, 6) is -1.03. The molecule has 8 heteroatoms. The van der Waals surface area contributed by atoms with Crippen LogP contribution in [0.3, 0.4) is 0 Å². The zero-order valence-corrected chi connectivity index (χ0v) is 17.3. The third kappa shape index (κ3) is 4.39. The highest BCUT2D eigenvalue weighted by Gasteiger charge is 2.64. The van der Waals surface area contributed by atoms with Crippen LogP contribution in [0, 0.1) is 11.8 Å². The lowest BCUT2D eigenvalue weighted by molar-refractivity contribution is -0.140. The van der Waals surface area contributed by atoms with Gasteiger partial charge in [0.25, 0.3) is 0 Å². The fourth-order valence-corrected chi connectivity index (χ4v) is 5.82. The van der Waals surface area contributed by atoms with E-state index in [1.165, 1.54) is 12.1 Å². The van der Waals surface area contributed by atoms with Crippen molar-refractivity contribution in [1.82, 2.24) is 10.0 Å². The molecule has 0 spiro atoms. The first-order valence-corrected chi connectivity index (χ1v) is 11.5. The van der Waals surface area contributed by atoms with Crippen LogP contribution >= 0.6 is 11.6 Å². The molecule has 0 amide bonds. The summed E-state index contributed by atoms with van der Waals surface area (Å²) in [7, 11) is -3.95. The molecule has 1 saturated heterocycles. The van der Waals surface area contributed by atoms with Crippen molar-refractivity contribution in [3.63, 3.8) is 0 Å². The van der Waals surface area contributed by atoms with Gasteiger partial charge in [0, 0.05) is 5.02 Å². The van der Waals surface area contributed by atoms with Crippen LogP contribution in [0.5, 0.6) is 0 Å². The number of sulfonamides is 1. The van der Waals surface area contributed by atoms with Crippen LogP contribution < -0.4 is 10.0 Å². The third-order valence-corrected chi connectivity index (χ3v) is 7.79. The van der Waals surface area contributed by atoms with Crippen LogP contribution in [-0.4, -0.2) is 38.1 Å². The zero-order chi connectivity index (χ0) is 20.6. The molecule has 2 unspecified atom stereocenters. The molecule has 1 aliphatic heterocycles. The van der Waals surface area contributed by atoms with Crippen molar-refractivity contribution in [2.75, 3.05) is 13.1 Å². The van der Waals surface area contributed by atoms with Crippen molar-refractivity contribution >= 4 is 27.6 Å². The smallest absolute Gasteiger partial charge is 0.325 e. The van der Waals surface area contributed by atoms with E-state index in [4.69, 9.17) is 11.6 Å². The van der Waals surface area contributed by atoms with Gasteiger partial charge in [-0.05, 0) is 79.6 Å². The Labute approximate surface area is 182 Å². The number of benzene rings is 2. The molecule has 6 nitrogen and oxygen atoms in total. The fourth-order valence-electron chi connectivity index (χ4n) is 4.28. The fraction of sp³-hybridized carbons (Fsp3) is 0.409. The minimum atomic E-state index is -3.95. The van der Waals surface area contributed by atoms with Crippen molar-refractivity contribution in [1.29, 1.82) is 0 Å². The van der Waals surface area contributed by atoms with E-state index in [0.717, 1.165) is 37.1 Å². The molecule has 1 heterocycles. The van der Waals surface area contributed by atoms with Gasteiger partial charge in [-0.25, -0.2) is 8.42 Å². The van der Waals surface area contributed by atoms with E-state index in [0.29, 0.717) is 11.4 Å². The van der Waals surface area contributed by atoms with Gasteiger partial charge in [-0.2, -0.15) is 4.72 Å². The van der Waals surface area contributed by atoms with E-state index >= 15 is 0 Å². The SMILES string of the molecule is C.O=C(O)C1(NS(=O)(=O)c2ccc(-c3ccc(Cl)cc3)cc2)CC1C1CCNCC1. The number of nitrogens with one attached hydrogen (secondary N) is 2. The van der Waals surface area contributed by atoms with Crippen molar-refractivity contribution < 1.29 is 18.3 Å². The lowest BCUT2D eigenvalue weighted by Gasteiger charge is -2.25. The number of rotatable bonds is 6. The van der Waals surface area contributed by atoms with Crippen LogP contribution in [0.2, 0.25) is 5.02 Å². The Hall–Kier alpha value is -1.93. The molecule has 0 bridgehead atoms. The van der Waals surface area contributed by atoms with Crippen molar-refractivity contribution in [3.05, 3.63) is 53.6 Å². The summed E-state index contributed by atoms with van der Waals surface area (Å²) < 4.78 is 28.3. The Morgan fingerprint density at radius 3 is 2.10 bits per heavy atom. The third-order valence-electron chi connectivity index (χ3n) is 6.01. The second kappa shape index (κ2) is 8.67. The maximum atomic E-state index is 12.9. The summed E-state index contributed by atoms with van der Waals surface area (Å²) in [6.45, 7) is 1.69. The topological polar surface area (TPSA) is 95.5 Å². The molecule has 4 rings (SSSR count). The first kappa shape index (κ1) is 22.7. The molecule has 162 valence electrons. The van der Waals surface area contributed by atoms with Crippen LogP contribution in [0.4, 0.5) is 0 Å². The number of carboxylic acids is 1. The highest BCUT2D eigenvalue weighted by molar-refractivity contribution is 7.89. The second-order valence-corrected chi connectivity index (χ2v) is 9.93. The minimum Gasteiger partial charge on any atom is -0.480 e. The van der Waals surface area contributed by atoms with Gasteiger partial charge >= 0.3 is 5.97 Å². The molecule has 0 radical (unpaired) electrons. The van der Waals surface area contributed by atoms with E-state index in [2.05, 4.69) is 10.0 Å². The Morgan fingerprint density at radius 1 is 1.03 bits per heavy atom. The molecule has 1 saturated carbocycles. The van der Waals surface area contributed by atoms with E-state index in [9.17, 15) is 18.3 Å². The summed E-state index contributed by atoms with van der Waals surface area (Å²) in [4.78, 5) is 12.0. The molecule has 2 atom stereocenters. The first-order chi connectivity index (χ1) is 13.8. The predicted molar refractivity (Wildman–Crippen MR) is 118 cm³/mol. The molecule has 1 aliphatic carbocycles. The highest BCUT2D eigenvalue weighted by atomic mass is 35.5. The lowest BCUT2D eigenvalue weighted by atomic mass is 9.90. The van der Waals surface area contributed by atoms with Crippen molar-refractivity contribution in [2.24, 2.45) is 11.8 Å². The van der Waals surface area contributed by atoms with Crippen LogP contribution in [-0.2, 0) is 14.8 Å². The highest BCUT2D eigenvalue weighted by Crippen LogP contribution is 2.52. The Bertz CT molecular complexity index is 1000. The summed E-state index contributed by atoms with van der Waals surface area (Å²) in [6.07, 6.45) is 2.09. The van der Waals surface area contributed by atoms with Gasteiger partial charge in [0.1, 0.15) is 5.54 Å². The first-order valence-electron chi connectivity index (χ1n) is 9.66.